The van der Waals surface area contributed by atoms with Crippen LogP contribution in [0, 0.1) is 17.6 Å². The highest BCUT2D eigenvalue weighted by atomic mass is 19.2. The first-order valence-electron chi connectivity index (χ1n) is 6.88. The van der Waals surface area contributed by atoms with Gasteiger partial charge in [0, 0.05) is 12.6 Å². The van der Waals surface area contributed by atoms with Crippen LogP contribution in [0.4, 0.5) is 8.78 Å². The Hall–Kier alpha value is -1.00. The highest BCUT2D eigenvalue weighted by Gasteiger charge is 2.36. The molecule has 106 valence electrons. The number of ether oxygens (including phenoxy) is 1. The van der Waals surface area contributed by atoms with Crippen molar-refractivity contribution in [3.63, 3.8) is 0 Å². The zero-order chi connectivity index (χ0) is 13.8. The fourth-order valence-corrected chi connectivity index (χ4v) is 2.50. The molecule has 0 bridgehead atoms. The minimum atomic E-state index is -0.798. The SMILES string of the molecule is CCOC(C1CC1)C(Cc1ccc(F)c(F)c1)NC. The van der Waals surface area contributed by atoms with Crippen molar-refractivity contribution in [1.29, 1.82) is 0 Å². The number of nitrogens with one attached hydrogen (secondary N) is 1. The number of halogens is 2. The molecule has 2 unspecified atom stereocenters. The summed E-state index contributed by atoms with van der Waals surface area (Å²) in [6, 6.07) is 4.23. The molecule has 1 aliphatic carbocycles. The van der Waals surface area contributed by atoms with Crippen LogP contribution in [0.5, 0.6) is 0 Å². The molecule has 4 heteroatoms. The third-order valence-electron chi connectivity index (χ3n) is 3.65. The summed E-state index contributed by atoms with van der Waals surface area (Å²) in [5.41, 5.74) is 0.795. The van der Waals surface area contributed by atoms with E-state index in [-0.39, 0.29) is 12.1 Å². The zero-order valence-corrected chi connectivity index (χ0v) is 11.5. The summed E-state index contributed by atoms with van der Waals surface area (Å²) in [5, 5.41) is 3.25. The molecule has 0 aliphatic heterocycles. The Kier molecular flexibility index (Phi) is 4.88. The van der Waals surface area contributed by atoms with E-state index in [1.807, 2.05) is 14.0 Å². The van der Waals surface area contributed by atoms with Crippen LogP contribution in [-0.4, -0.2) is 25.8 Å². The highest BCUT2D eigenvalue weighted by Crippen LogP contribution is 2.36. The number of likely N-dealkylation sites (N-methyl/N-ethyl adjacent to an activating group) is 1. The molecular weight excluding hydrogens is 248 g/mol. The lowest BCUT2D eigenvalue weighted by Gasteiger charge is -2.27. The summed E-state index contributed by atoms with van der Waals surface area (Å²) < 4.78 is 32.0. The van der Waals surface area contributed by atoms with Gasteiger partial charge in [0.25, 0.3) is 0 Å². The lowest BCUT2D eigenvalue weighted by molar-refractivity contribution is 0.0211. The van der Waals surface area contributed by atoms with Crippen LogP contribution >= 0.6 is 0 Å². The monoisotopic (exact) mass is 269 g/mol. The molecule has 0 spiro atoms. The fraction of sp³-hybridized carbons (Fsp3) is 0.600. The van der Waals surface area contributed by atoms with Crippen molar-refractivity contribution in [2.24, 2.45) is 5.92 Å². The van der Waals surface area contributed by atoms with E-state index >= 15 is 0 Å². The normalized spacial score (nSPS) is 18.3. The van der Waals surface area contributed by atoms with Crippen molar-refractivity contribution in [3.05, 3.63) is 35.4 Å². The maximum atomic E-state index is 13.2. The van der Waals surface area contributed by atoms with Crippen molar-refractivity contribution < 1.29 is 13.5 Å². The van der Waals surface area contributed by atoms with Gasteiger partial charge in [0.15, 0.2) is 11.6 Å². The molecule has 0 amide bonds. The molecule has 2 rings (SSSR count). The molecule has 19 heavy (non-hydrogen) atoms. The average molecular weight is 269 g/mol. The molecule has 0 radical (unpaired) electrons. The number of rotatable bonds is 7. The van der Waals surface area contributed by atoms with Gasteiger partial charge < -0.3 is 10.1 Å². The van der Waals surface area contributed by atoms with Crippen LogP contribution in [0.2, 0.25) is 0 Å². The van der Waals surface area contributed by atoms with E-state index in [9.17, 15) is 8.78 Å². The van der Waals surface area contributed by atoms with E-state index < -0.39 is 11.6 Å². The maximum absolute atomic E-state index is 13.2. The fourth-order valence-electron chi connectivity index (χ4n) is 2.50. The third-order valence-corrected chi connectivity index (χ3v) is 3.65. The van der Waals surface area contributed by atoms with Crippen LogP contribution in [0.15, 0.2) is 18.2 Å². The predicted octanol–water partition coefficient (Wildman–Crippen LogP) is 2.91. The number of hydrogen-bond acceptors (Lipinski definition) is 2. The second-order valence-electron chi connectivity index (χ2n) is 5.11. The summed E-state index contributed by atoms with van der Waals surface area (Å²) in [7, 11) is 1.89. The smallest absolute Gasteiger partial charge is 0.159 e. The van der Waals surface area contributed by atoms with Gasteiger partial charge in [-0.2, -0.15) is 0 Å². The standard InChI is InChI=1S/C15H21F2NO/c1-3-19-15(11-5-6-11)14(18-2)9-10-4-7-12(16)13(17)8-10/h4,7-8,11,14-15,18H,3,5-6,9H2,1-2H3. The quantitative estimate of drug-likeness (QED) is 0.822. The Labute approximate surface area is 113 Å². The van der Waals surface area contributed by atoms with Crippen LogP contribution in [0.25, 0.3) is 0 Å². The summed E-state index contributed by atoms with van der Waals surface area (Å²) >= 11 is 0. The Balaban J connectivity index is 2.06. The van der Waals surface area contributed by atoms with Crippen LogP contribution in [-0.2, 0) is 11.2 Å². The first kappa shape index (κ1) is 14.4. The van der Waals surface area contributed by atoms with Gasteiger partial charge >= 0.3 is 0 Å². The average Bonchev–Trinajstić information content (AvgIpc) is 3.22. The highest BCUT2D eigenvalue weighted by molar-refractivity contribution is 5.19. The van der Waals surface area contributed by atoms with Crippen LogP contribution in [0.1, 0.15) is 25.3 Å². The van der Waals surface area contributed by atoms with E-state index in [1.54, 1.807) is 6.07 Å². The molecule has 1 aliphatic rings. The molecule has 1 saturated carbocycles. The van der Waals surface area contributed by atoms with Crippen molar-refractivity contribution in [2.75, 3.05) is 13.7 Å². The molecular formula is C15H21F2NO. The number of benzene rings is 1. The molecule has 0 heterocycles. The Bertz CT molecular complexity index is 421. The Morgan fingerprint density at radius 1 is 1.32 bits per heavy atom. The molecule has 1 N–H and O–H groups in total. The topological polar surface area (TPSA) is 21.3 Å². The van der Waals surface area contributed by atoms with E-state index in [4.69, 9.17) is 4.74 Å². The minimum absolute atomic E-state index is 0.136. The van der Waals surface area contributed by atoms with Gasteiger partial charge in [0.1, 0.15) is 0 Å². The molecule has 1 aromatic rings. The van der Waals surface area contributed by atoms with Gasteiger partial charge in [-0.25, -0.2) is 8.78 Å². The Morgan fingerprint density at radius 2 is 2.05 bits per heavy atom. The zero-order valence-electron chi connectivity index (χ0n) is 11.5. The lowest BCUT2D eigenvalue weighted by Crippen LogP contribution is -2.42. The first-order valence-corrected chi connectivity index (χ1v) is 6.88. The van der Waals surface area contributed by atoms with Crippen molar-refractivity contribution >= 4 is 0 Å². The van der Waals surface area contributed by atoms with E-state index in [0.717, 1.165) is 5.56 Å². The summed E-state index contributed by atoms with van der Waals surface area (Å²) in [5.74, 6) is -0.984. The second kappa shape index (κ2) is 6.44. The van der Waals surface area contributed by atoms with Gasteiger partial charge in [-0.1, -0.05) is 6.07 Å². The second-order valence-corrected chi connectivity index (χ2v) is 5.11. The molecule has 1 aromatic carbocycles. The van der Waals surface area contributed by atoms with Crippen molar-refractivity contribution in [1.82, 2.24) is 5.32 Å². The predicted molar refractivity (Wildman–Crippen MR) is 71.0 cm³/mol. The molecule has 2 atom stereocenters. The molecule has 0 saturated heterocycles. The van der Waals surface area contributed by atoms with Crippen LogP contribution < -0.4 is 5.32 Å². The van der Waals surface area contributed by atoms with Crippen molar-refractivity contribution in [3.8, 4) is 0 Å². The first-order chi connectivity index (χ1) is 9.15. The van der Waals surface area contributed by atoms with Gasteiger partial charge in [-0.05, 0) is 56.8 Å². The molecule has 1 fully saturated rings. The molecule has 2 nitrogen and oxygen atoms in total. The van der Waals surface area contributed by atoms with Gasteiger partial charge in [0.2, 0.25) is 0 Å². The van der Waals surface area contributed by atoms with Gasteiger partial charge in [0.05, 0.1) is 6.10 Å². The van der Waals surface area contributed by atoms with E-state index in [0.29, 0.717) is 18.9 Å². The maximum Gasteiger partial charge on any atom is 0.159 e. The summed E-state index contributed by atoms with van der Waals surface area (Å²) in [4.78, 5) is 0. The Morgan fingerprint density at radius 3 is 2.58 bits per heavy atom. The van der Waals surface area contributed by atoms with Gasteiger partial charge in [-0.15, -0.1) is 0 Å². The summed E-state index contributed by atoms with van der Waals surface area (Å²) in [6.07, 6.45) is 3.19. The molecule has 0 aromatic heterocycles. The van der Waals surface area contributed by atoms with Crippen LogP contribution in [0.3, 0.4) is 0 Å². The minimum Gasteiger partial charge on any atom is -0.377 e. The number of hydrogen-bond donors (Lipinski definition) is 1. The van der Waals surface area contributed by atoms with E-state index in [2.05, 4.69) is 5.32 Å². The lowest BCUT2D eigenvalue weighted by atomic mass is 9.98. The third kappa shape index (κ3) is 3.74. The summed E-state index contributed by atoms with van der Waals surface area (Å²) in [6.45, 7) is 2.66. The van der Waals surface area contributed by atoms with E-state index in [1.165, 1.54) is 25.0 Å². The van der Waals surface area contributed by atoms with Crippen molar-refractivity contribution in [2.45, 2.75) is 38.3 Å². The largest absolute Gasteiger partial charge is 0.377 e. The van der Waals surface area contributed by atoms with Gasteiger partial charge in [-0.3, -0.25) is 0 Å².